The molecule has 1 nitrogen and oxygen atoms in total. The van der Waals surface area contributed by atoms with Gasteiger partial charge in [-0.1, -0.05) is 29.8 Å². The van der Waals surface area contributed by atoms with Gasteiger partial charge in [-0.25, -0.2) is 0 Å². The van der Waals surface area contributed by atoms with Gasteiger partial charge < -0.3 is 5.73 Å². The highest BCUT2D eigenvalue weighted by Gasteiger charge is 2.48. The van der Waals surface area contributed by atoms with E-state index in [0.717, 1.165) is 11.6 Å². The number of nitrogens with two attached hydrogens (primary N) is 1. The zero-order chi connectivity index (χ0) is 14.0. The molecule has 1 saturated carbocycles. The average Bonchev–Trinajstić information content (AvgIpc) is 3.06. The van der Waals surface area contributed by atoms with E-state index >= 15 is 0 Å². The van der Waals surface area contributed by atoms with E-state index in [1.807, 2.05) is 6.07 Å². The van der Waals surface area contributed by atoms with Crippen LogP contribution < -0.4 is 5.73 Å². The van der Waals surface area contributed by atoms with E-state index in [9.17, 15) is 0 Å². The van der Waals surface area contributed by atoms with Crippen LogP contribution in [-0.2, 0) is 12.8 Å². The van der Waals surface area contributed by atoms with Gasteiger partial charge in [-0.05, 0) is 83.9 Å². The van der Waals surface area contributed by atoms with Crippen molar-refractivity contribution in [2.24, 2.45) is 11.3 Å². The van der Waals surface area contributed by atoms with Gasteiger partial charge in [-0.3, -0.25) is 0 Å². The van der Waals surface area contributed by atoms with Gasteiger partial charge in [0, 0.05) is 5.69 Å². The first-order valence-electron chi connectivity index (χ1n) is 8.21. The number of nitrogen functional groups attached to an aromatic ring is 1. The average molecular weight is 275 g/mol. The van der Waals surface area contributed by atoms with Gasteiger partial charge in [0.2, 0.25) is 0 Å². The molecule has 0 amide bonds. The van der Waals surface area contributed by atoms with Crippen molar-refractivity contribution in [3.63, 3.8) is 0 Å². The van der Waals surface area contributed by atoms with Crippen LogP contribution in [0.2, 0.25) is 0 Å². The zero-order valence-corrected chi connectivity index (χ0v) is 12.4. The molecular weight excluding hydrogens is 254 g/mol. The molecule has 106 valence electrons. The lowest BCUT2D eigenvalue weighted by Crippen LogP contribution is -2.33. The van der Waals surface area contributed by atoms with Gasteiger partial charge in [0.05, 0.1) is 0 Å². The predicted octanol–water partition coefficient (Wildman–Crippen LogP) is 4.64. The zero-order valence-electron chi connectivity index (χ0n) is 12.4. The summed E-state index contributed by atoms with van der Waals surface area (Å²) in [5.41, 5.74) is 12.3. The second-order valence-corrected chi connectivity index (χ2v) is 7.44. The lowest BCUT2D eigenvalue weighted by atomic mass is 9.64. The lowest BCUT2D eigenvalue weighted by Gasteiger charge is -2.40. The molecule has 0 heterocycles. The fraction of sp³-hybridized carbons (Fsp3) is 0.400. The molecule has 2 aromatic carbocycles. The molecule has 0 aliphatic heterocycles. The molecule has 3 aliphatic rings. The minimum absolute atomic E-state index is 0.588. The molecule has 0 radical (unpaired) electrons. The van der Waals surface area contributed by atoms with E-state index in [4.69, 9.17) is 5.73 Å². The van der Waals surface area contributed by atoms with Crippen LogP contribution in [0, 0.1) is 11.3 Å². The Hall–Kier alpha value is -1.76. The van der Waals surface area contributed by atoms with Crippen molar-refractivity contribution in [3.05, 3.63) is 53.1 Å². The molecule has 0 saturated heterocycles. The smallest absolute Gasteiger partial charge is 0.0320 e. The summed E-state index contributed by atoms with van der Waals surface area (Å²) in [6, 6.07) is 11.1. The summed E-state index contributed by atoms with van der Waals surface area (Å²) in [6.45, 7) is 0. The lowest BCUT2D eigenvalue weighted by molar-refractivity contribution is 0.169. The minimum atomic E-state index is 0.588. The molecule has 21 heavy (non-hydrogen) atoms. The number of anilines is 1. The van der Waals surface area contributed by atoms with Crippen molar-refractivity contribution < 1.29 is 0 Å². The standard InChI is InChI=1S/C20H21N/c21-19-4-2-14-8-15-5-6-20(11-13-1-3-18(20)7-13)12-17(15)9-16(14)10-19/h1-2,4,8-10,18H,3,5-7,11-12,21H2. The van der Waals surface area contributed by atoms with Gasteiger partial charge in [0.25, 0.3) is 0 Å². The molecule has 2 unspecified atom stereocenters. The van der Waals surface area contributed by atoms with E-state index in [2.05, 4.69) is 30.3 Å². The Labute approximate surface area is 125 Å². The normalized spacial score (nSPS) is 29.9. The summed E-state index contributed by atoms with van der Waals surface area (Å²) in [4.78, 5) is 0. The molecule has 2 N–H and O–H groups in total. The summed E-state index contributed by atoms with van der Waals surface area (Å²) in [5.74, 6) is 0.928. The van der Waals surface area contributed by atoms with Crippen molar-refractivity contribution in [3.8, 4) is 0 Å². The monoisotopic (exact) mass is 275 g/mol. The Morgan fingerprint density at radius 3 is 2.71 bits per heavy atom. The second-order valence-electron chi connectivity index (χ2n) is 7.44. The van der Waals surface area contributed by atoms with Crippen LogP contribution in [0.1, 0.15) is 36.8 Å². The van der Waals surface area contributed by atoms with Gasteiger partial charge >= 0.3 is 0 Å². The van der Waals surface area contributed by atoms with E-state index < -0.39 is 0 Å². The molecule has 1 fully saturated rings. The highest BCUT2D eigenvalue weighted by Crippen LogP contribution is 2.58. The van der Waals surface area contributed by atoms with Gasteiger partial charge in [-0.2, -0.15) is 0 Å². The van der Waals surface area contributed by atoms with Crippen LogP contribution in [0.15, 0.2) is 42.0 Å². The number of aryl methyl sites for hydroxylation is 1. The van der Waals surface area contributed by atoms with Crippen LogP contribution in [0.25, 0.3) is 10.8 Å². The van der Waals surface area contributed by atoms with Crippen molar-refractivity contribution >= 4 is 16.5 Å². The molecule has 0 aromatic heterocycles. The van der Waals surface area contributed by atoms with Crippen LogP contribution in [0.4, 0.5) is 5.69 Å². The Morgan fingerprint density at radius 1 is 1.00 bits per heavy atom. The summed E-state index contributed by atoms with van der Waals surface area (Å²) < 4.78 is 0. The topological polar surface area (TPSA) is 26.0 Å². The molecule has 2 atom stereocenters. The van der Waals surface area contributed by atoms with E-state index in [0.29, 0.717) is 5.41 Å². The minimum Gasteiger partial charge on any atom is -0.399 e. The van der Waals surface area contributed by atoms with E-state index in [1.165, 1.54) is 49.3 Å². The number of rotatable bonds is 0. The number of allylic oxidation sites excluding steroid dienone is 2. The van der Waals surface area contributed by atoms with Crippen molar-refractivity contribution in [2.45, 2.75) is 38.5 Å². The fourth-order valence-electron chi connectivity index (χ4n) is 5.16. The summed E-state index contributed by atoms with van der Waals surface area (Å²) in [6.07, 6.45) is 10.5. The molecule has 1 spiro atoms. The van der Waals surface area contributed by atoms with Crippen LogP contribution in [0.5, 0.6) is 0 Å². The van der Waals surface area contributed by atoms with E-state index in [-0.39, 0.29) is 0 Å². The number of hydrogen-bond donors (Lipinski definition) is 1. The first-order valence-corrected chi connectivity index (χ1v) is 8.21. The van der Waals surface area contributed by atoms with Gasteiger partial charge in [0.15, 0.2) is 0 Å². The van der Waals surface area contributed by atoms with Crippen LogP contribution in [0.3, 0.4) is 0 Å². The molecule has 5 rings (SSSR count). The maximum absolute atomic E-state index is 5.96. The molecule has 2 bridgehead atoms. The molecule has 2 aromatic rings. The first-order chi connectivity index (χ1) is 10.2. The number of fused-ring (bicyclic) bond motifs is 5. The van der Waals surface area contributed by atoms with Gasteiger partial charge in [-0.15, -0.1) is 0 Å². The molecule has 1 heteroatoms. The fourth-order valence-corrected chi connectivity index (χ4v) is 5.16. The number of benzene rings is 2. The third-order valence-electron chi connectivity index (χ3n) is 6.26. The first kappa shape index (κ1) is 11.9. The maximum Gasteiger partial charge on any atom is 0.0320 e. The highest BCUT2D eigenvalue weighted by molar-refractivity contribution is 5.87. The maximum atomic E-state index is 5.96. The summed E-state index contributed by atoms with van der Waals surface area (Å²) in [7, 11) is 0. The van der Waals surface area contributed by atoms with Gasteiger partial charge in [0.1, 0.15) is 0 Å². The van der Waals surface area contributed by atoms with Crippen LogP contribution in [-0.4, -0.2) is 0 Å². The third-order valence-corrected chi connectivity index (χ3v) is 6.26. The second kappa shape index (κ2) is 3.91. The van der Waals surface area contributed by atoms with Crippen molar-refractivity contribution in [1.29, 1.82) is 0 Å². The van der Waals surface area contributed by atoms with Crippen LogP contribution >= 0.6 is 0 Å². The Kier molecular flexibility index (Phi) is 2.21. The summed E-state index contributed by atoms with van der Waals surface area (Å²) >= 11 is 0. The summed E-state index contributed by atoms with van der Waals surface area (Å²) in [5, 5.41) is 2.66. The predicted molar refractivity (Wildman–Crippen MR) is 88.2 cm³/mol. The Balaban J connectivity index is 1.61. The van der Waals surface area contributed by atoms with Crippen molar-refractivity contribution in [2.75, 3.05) is 5.73 Å². The van der Waals surface area contributed by atoms with E-state index in [1.54, 1.807) is 16.7 Å². The Bertz CT molecular complexity index is 786. The quantitative estimate of drug-likeness (QED) is 0.550. The van der Waals surface area contributed by atoms with Crippen molar-refractivity contribution in [1.82, 2.24) is 0 Å². The molecular formula is C20H21N. The number of hydrogen-bond acceptors (Lipinski definition) is 1. The SMILES string of the molecule is Nc1ccc2cc3c(cc2c1)CC1(CC3)CC2=CCC1C2. The Morgan fingerprint density at radius 2 is 1.90 bits per heavy atom. The highest BCUT2D eigenvalue weighted by atomic mass is 14.5. The largest absolute Gasteiger partial charge is 0.399 e. The third kappa shape index (κ3) is 1.64. The molecule has 3 aliphatic carbocycles.